The van der Waals surface area contributed by atoms with Crippen molar-refractivity contribution in [1.29, 1.82) is 5.26 Å². The summed E-state index contributed by atoms with van der Waals surface area (Å²) in [7, 11) is 4.71. The number of allylic oxidation sites excluding steroid dienone is 1. The third-order valence-electron chi connectivity index (χ3n) is 4.60. The Kier molecular flexibility index (Phi) is 4.34. The molecule has 1 aliphatic rings. The molecule has 1 aliphatic heterocycles. The maximum absolute atomic E-state index is 13.0. The summed E-state index contributed by atoms with van der Waals surface area (Å²) in [6.45, 7) is 1.80. The molecule has 1 aromatic carbocycles. The Hall–Kier alpha value is -3.40. The Morgan fingerprint density at radius 1 is 1.31 bits per heavy atom. The number of aromatic nitrogens is 1. The number of fused-ring (bicyclic) bond motifs is 1. The number of rotatable bonds is 3. The van der Waals surface area contributed by atoms with Crippen molar-refractivity contribution >= 4 is 0 Å². The molecule has 3 rings (SSSR count). The van der Waals surface area contributed by atoms with Gasteiger partial charge in [-0.05, 0) is 13.0 Å². The molecular weight excluding hydrogens is 334 g/mol. The predicted octanol–water partition coefficient (Wildman–Crippen LogP) is 1.93. The van der Waals surface area contributed by atoms with Gasteiger partial charge in [-0.25, -0.2) is 0 Å². The van der Waals surface area contributed by atoms with E-state index in [-0.39, 0.29) is 17.0 Å². The van der Waals surface area contributed by atoms with Crippen LogP contribution in [0.3, 0.4) is 0 Å². The lowest BCUT2D eigenvalue weighted by Gasteiger charge is -2.28. The number of methoxy groups -OCH3 is 2. The van der Waals surface area contributed by atoms with Crippen molar-refractivity contribution in [1.82, 2.24) is 4.57 Å². The van der Waals surface area contributed by atoms with Crippen LogP contribution in [0.15, 0.2) is 40.5 Å². The molecule has 0 unspecified atom stereocenters. The Bertz CT molecular complexity index is 1010. The molecule has 134 valence electrons. The van der Waals surface area contributed by atoms with E-state index < -0.39 is 5.92 Å². The van der Waals surface area contributed by atoms with E-state index in [2.05, 4.69) is 6.07 Å². The predicted molar refractivity (Wildman–Crippen MR) is 95.3 cm³/mol. The van der Waals surface area contributed by atoms with Crippen LogP contribution in [-0.2, 0) is 7.05 Å². The molecule has 26 heavy (non-hydrogen) atoms. The van der Waals surface area contributed by atoms with Gasteiger partial charge in [0.15, 0.2) is 11.5 Å². The molecule has 0 fully saturated rings. The van der Waals surface area contributed by atoms with Crippen molar-refractivity contribution in [3.8, 4) is 23.3 Å². The van der Waals surface area contributed by atoms with E-state index in [0.29, 0.717) is 28.4 Å². The fraction of sp³-hybridized carbons (Fsp3) is 0.263. The number of pyridine rings is 1. The normalized spacial score (nSPS) is 15.7. The van der Waals surface area contributed by atoms with Crippen LogP contribution >= 0.6 is 0 Å². The molecule has 2 N–H and O–H groups in total. The fourth-order valence-corrected chi connectivity index (χ4v) is 3.19. The van der Waals surface area contributed by atoms with E-state index in [1.54, 1.807) is 38.2 Å². The molecule has 0 bridgehead atoms. The van der Waals surface area contributed by atoms with Crippen LogP contribution in [0.2, 0.25) is 0 Å². The quantitative estimate of drug-likeness (QED) is 0.905. The molecule has 1 atom stereocenters. The minimum atomic E-state index is -0.715. The smallest absolute Gasteiger partial charge is 0.258 e. The summed E-state index contributed by atoms with van der Waals surface area (Å²) in [6, 6.07) is 9.11. The maximum atomic E-state index is 13.0. The van der Waals surface area contributed by atoms with Gasteiger partial charge in [-0.15, -0.1) is 0 Å². The van der Waals surface area contributed by atoms with Gasteiger partial charge in [0.25, 0.3) is 5.56 Å². The van der Waals surface area contributed by atoms with Crippen molar-refractivity contribution in [3.63, 3.8) is 0 Å². The van der Waals surface area contributed by atoms with Gasteiger partial charge in [-0.3, -0.25) is 4.79 Å². The monoisotopic (exact) mass is 353 g/mol. The highest BCUT2D eigenvalue weighted by atomic mass is 16.5. The molecule has 0 spiro atoms. The van der Waals surface area contributed by atoms with E-state index in [9.17, 15) is 10.1 Å². The zero-order chi connectivity index (χ0) is 19.0. The highest BCUT2D eigenvalue weighted by molar-refractivity contribution is 5.60. The van der Waals surface area contributed by atoms with Crippen molar-refractivity contribution in [3.05, 3.63) is 62.9 Å². The summed E-state index contributed by atoms with van der Waals surface area (Å²) < 4.78 is 18.0. The van der Waals surface area contributed by atoms with Crippen LogP contribution in [-0.4, -0.2) is 18.8 Å². The third kappa shape index (κ3) is 2.47. The highest BCUT2D eigenvalue weighted by Gasteiger charge is 2.36. The largest absolute Gasteiger partial charge is 0.493 e. The zero-order valence-corrected chi connectivity index (χ0v) is 15.0. The third-order valence-corrected chi connectivity index (χ3v) is 4.60. The van der Waals surface area contributed by atoms with Gasteiger partial charge in [0.2, 0.25) is 5.88 Å². The first-order valence-electron chi connectivity index (χ1n) is 7.93. The molecule has 7 nitrogen and oxygen atoms in total. The van der Waals surface area contributed by atoms with Gasteiger partial charge < -0.3 is 24.5 Å². The Labute approximate surface area is 150 Å². The maximum Gasteiger partial charge on any atom is 0.258 e. The van der Waals surface area contributed by atoms with Crippen LogP contribution in [0.1, 0.15) is 22.7 Å². The number of nitriles is 1. The molecule has 2 heterocycles. The number of hydrogen-bond donors (Lipinski definition) is 1. The summed E-state index contributed by atoms with van der Waals surface area (Å²) in [4.78, 5) is 13.0. The Morgan fingerprint density at radius 3 is 2.65 bits per heavy atom. The van der Waals surface area contributed by atoms with Crippen molar-refractivity contribution in [2.75, 3.05) is 14.2 Å². The Morgan fingerprint density at radius 2 is 2.04 bits per heavy atom. The minimum absolute atomic E-state index is 0.0254. The van der Waals surface area contributed by atoms with Gasteiger partial charge in [0.05, 0.1) is 25.7 Å². The lowest BCUT2D eigenvalue weighted by atomic mass is 9.83. The van der Waals surface area contributed by atoms with Gasteiger partial charge in [-0.1, -0.05) is 12.1 Å². The van der Waals surface area contributed by atoms with Crippen molar-refractivity contribution < 1.29 is 14.2 Å². The molecule has 0 radical (unpaired) electrons. The molecule has 0 saturated carbocycles. The molecule has 0 aliphatic carbocycles. The van der Waals surface area contributed by atoms with Crippen molar-refractivity contribution in [2.24, 2.45) is 12.8 Å². The van der Waals surface area contributed by atoms with Gasteiger partial charge in [0, 0.05) is 24.4 Å². The molecule has 1 aromatic heterocycles. The van der Waals surface area contributed by atoms with Gasteiger partial charge in [-0.2, -0.15) is 5.26 Å². The number of para-hydroxylation sites is 1. The van der Waals surface area contributed by atoms with Gasteiger partial charge >= 0.3 is 0 Å². The van der Waals surface area contributed by atoms with Crippen LogP contribution in [0.5, 0.6) is 17.2 Å². The van der Waals surface area contributed by atoms with Crippen molar-refractivity contribution in [2.45, 2.75) is 12.8 Å². The summed E-state index contributed by atoms with van der Waals surface area (Å²) in [5.74, 6) is 0.543. The second-order valence-electron chi connectivity index (χ2n) is 5.94. The summed E-state index contributed by atoms with van der Waals surface area (Å²) in [6.07, 6.45) is 0. The second kappa shape index (κ2) is 6.48. The number of nitrogens with zero attached hydrogens (tertiary/aromatic N) is 2. The highest BCUT2D eigenvalue weighted by Crippen LogP contribution is 2.45. The van der Waals surface area contributed by atoms with Crippen LogP contribution < -0.4 is 25.5 Å². The summed E-state index contributed by atoms with van der Waals surface area (Å²) >= 11 is 0. The number of aryl methyl sites for hydroxylation is 1. The lowest BCUT2D eigenvalue weighted by Crippen LogP contribution is -2.31. The van der Waals surface area contributed by atoms with Crippen LogP contribution in [0.25, 0.3) is 0 Å². The average molecular weight is 353 g/mol. The Balaban J connectivity index is 2.40. The van der Waals surface area contributed by atoms with Crippen LogP contribution in [0, 0.1) is 18.3 Å². The SMILES string of the molecule is COc1cccc([C@@H]2C(C#N)=C(N)Oc3cc(C)n(C)c(=O)c32)c1OC. The first kappa shape index (κ1) is 17.4. The van der Waals surface area contributed by atoms with E-state index in [1.807, 2.05) is 0 Å². The number of ether oxygens (including phenoxy) is 3. The van der Waals surface area contributed by atoms with E-state index in [0.717, 1.165) is 5.69 Å². The van der Waals surface area contributed by atoms with E-state index >= 15 is 0 Å². The summed E-state index contributed by atoms with van der Waals surface area (Å²) in [5, 5.41) is 9.67. The molecule has 0 saturated heterocycles. The summed E-state index contributed by atoms with van der Waals surface area (Å²) in [5.41, 5.74) is 7.56. The second-order valence-corrected chi connectivity index (χ2v) is 5.94. The zero-order valence-electron chi connectivity index (χ0n) is 15.0. The van der Waals surface area contributed by atoms with Crippen LogP contribution in [0.4, 0.5) is 0 Å². The first-order chi connectivity index (χ1) is 12.4. The molecule has 0 amide bonds. The standard InChI is InChI=1S/C19H19N3O4/c1-10-8-14-16(19(23)22(10)2)15(12(9-20)18(21)26-14)11-6-5-7-13(24-3)17(11)25-4/h5-8,15H,21H2,1-4H3/t15-/m1/s1. The first-order valence-corrected chi connectivity index (χ1v) is 7.93. The van der Waals surface area contributed by atoms with E-state index in [4.69, 9.17) is 19.9 Å². The lowest BCUT2D eigenvalue weighted by molar-refractivity contribution is 0.348. The average Bonchev–Trinajstić information content (AvgIpc) is 2.64. The minimum Gasteiger partial charge on any atom is -0.493 e. The van der Waals surface area contributed by atoms with E-state index in [1.165, 1.54) is 18.8 Å². The molecule has 7 heteroatoms. The number of hydrogen-bond acceptors (Lipinski definition) is 6. The number of benzene rings is 1. The fourth-order valence-electron chi connectivity index (χ4n) is 3.19. The molecular formula is C19H19N3O4. The topological polar surface area (TPSA) is 99.5 Å². The number of nitrogens with two attached hydrogens (primary N) is 1. The molecule has 2 aromatic rings. The van der Waals surface area contributed by atoms with Gasteiger partial charge in [0.1, 0.15) is 17.4 Å².